The van der Waals surface area contributed by atoms with E-state index in [1.807, 2.05) is 11.8 Å². The van der Waals surface area contributed by atoms with E-state index in [0.29, 0.717) is 12.3 Å². The molecular formula is C26H34N2OS. The molecule has 30 heavy (non-hydrogen) atoms. The standard InChI is InChI=1S/C26H34N2OS/c1-20-8-9-25-24(16-20)18-28(21(2)19-30-25)26(29)12-15-27-13-10-23(11-14-27)17-22-6-4-3-5-7-22/h3-9,16,21,23H,10-15,17-19H2,1-2H3. The molecule has 1 unspecified atom stereocenters. The van der Waals surface area contributed by atoms with Crippen LogP contribution in [-0.2, 0) is 17.8 Å². The highest BCUT2D eigenvalue weighted by Gasteiger charge is 2.26. The summed E-state index contributed by atoms with van der Waals surface area (Å²) in [6.07, 6.45) is 4.31. The third kappa shape index (κ3) is 5.47. The van der Waals surface area contributed by atoms with Gasteiger partial charge in [-0.05, 0) is 69.3 Å². The fourth-order valence-corrected chi connectivity index (χ4v) is 5.78. The molecule has 2 aliphatic heterocycles. The summed E-state index contributed by atoms with van der Waals surface area (Å²) in [4.78, 5) is 19.0. The largest absolute Gasteiger partial charge is 0.335 e. The molecule has 1 amide bonds. The van der Waals surface area contributed by atoms with E-state index in [0.717, 1.165) is 37.8 Å². The Bertz CT molecular complexity index is 845. The minimum Gasteiger partial charge on any atom is -0.335 e. The lowest BCUT2D eigenvalue weighted by molar-refractivity contribution is -0.133. The number of hydrogen-bond donors (Lipinski definition) is 0. The SMILES string of the molecule is Cc1ccc2c(c1)CN(C(=O)CCN1CCC(Cc3ccccc3)CC1)C(C)CS2. The van der Waals surface area contributed by atoms with Gasteiger partial charge in [-0.1, -0.05) is 48.0 Å². The number of piperidine rings is 1. The van der Waals surface area contributed by atoms with Crippen molar-refractivity contribution in [3.8, 4) is 0 Å². The average molecular weight is 423 g/mol. The van der Waals surface area contributed by atoms with E-state index < -0.39 is 0 Å². The van der Waals surface area contributed by atoms with Gasteiger partial charge in [-0.15, -0.1) is 11.8 Å². The molecule has 2 aromatic rings. The number of aryl methyl sites for hydroxylation is 1. The number of amides is 1. The van der Waals surface area contributed by atoms with Crippen LogP contribution in [0, 0.1) is 12.8 Å². The Morgan fingerprint density at radius 3 is 2.63 bits per heavy atom. The summed E-state index contributed by atoms with van der Waals surface area (Å²) >= 11 is 1.89. The number of hydrogen-bond acceptors (Lipinski definition) is 3. The normalized spacial score (nSPS) is 20.6. The van der Waals surface area contributed by atoms with Crippen LogP contribution in [0.3, 0.4) is 0 Å². The van der Waals surface area contributed by atoms with Crippen LogP contribution in [-0.4, -0.2) is 47.1 Å². The zero-order valence-electron chi connectivity index (χ0n) is 18.3. The van der Waals surface area contributed by atoms with Gasteiger partial charge in [0.05, 0.1) is 0 Å². The van der Waals surface area contributed by atoms with Crippen LogP contribution in [0.1, 0.15) is 42.9 Å². The Morgan fingerprint density at radius 2 is 1.87 bits per heavy atom. The maximum Gasteiger partial charge on any atom is 0.224 e. The van der Waals surface area contributed by atoms with E-state index in [4.69, 9.17) is 0 Å². The molecule has 4 rings (SSSR count). The molecule has 0 radical (unpaired) electrons. The van der Waals surface area contributed by atoms with Crippen molar-refractivity contribution in [1.82, 2.24) is 9.80 Å². The second-order valence-electron chi connectivity index (χ2n) is 9.02. The van der Waals surface area contributed by atoms with Crippen molar-refractivity contribution in [2.45, 2.75) is 57.0 Å². The third-order valence-electron chi connectivity index (χ3n) is 6.61. The lowest BCUT2D eigenvalue weighted by atomic mass is 9.90. The van der Waals surface area contributed by atoms with E-state index in [9.17, 15) is 4.79 Å². The molecule has 3 nitrogen and oxygen atoms in total. The quantitative estimate of drug-likeness (QED) is 0.665. The van der Waals surface area contributed by atoms with E-state index in [1.165, 1.54) is 40.8 Å². The van der Waals surface area contributed by atoms with E-state index >= 15 is 0 Å². The van der Waals surface area contributed by atoms with Gasteiger partial charge in [-0.25, -0.2) is 0 Å². The maximum atomic E-state index is 13.1. The Morgan fingerprint density at radius 1 is 1.10 bits per heavy atom. The maximum absolute atomic E-state index is 13.1. The molecule has 2 heterocycles. The van der Waals surface area contributed by atoms with Crippen LogP contribution in [0.25, 0.3) is 0 Å². The Hall–Kier alpha value is -1.78. The van der Waals surface area contributed by atoms with Gasteiger partial charge in [-0.2, -0.15) is 0 Å². The molecule has 4 heteroatoms. The monoisotopic (exact) mass is 422 g/mol. The van der Waals surface area contributed by atoms with Gasteiger partial charge >= 0.3 is 0 Å². The number of thioether (sulfide) groups is 1. The predicted octanol–water partition coefficient (Wildman–Crippen LogP) is 5.16. The van der Waals surface area contributed by atoms with Crippen molar-refractivity contribution in [3.05, 3.63) is 65.2 Å². The van der Waals surface area contributed by atoms with Gasteiger partial charge in [0, 0.05) is 36.2 Å². The summed E-state index contributed by atoms with van der Waals surface area (Å²) in [7, 11) is 0. The highest BCUT2D eigenvalue weighted by Crippen LogP contribution is 2.31. The highest BCUT2D eigenvalue weighted by molar-refractivity contribution is 7.99. The third-order valence-corrected chi connectivity index (χ3v) is 7.96. The van der Waals surface area contributed by atoms with Gasteiger partial charge in [0.1, 0.15) is 0 Å². The lowest BCUT2D eigenvalue weighted by Crippen LogP contribution is -2.41. The fourth-order valence-electron chi connectivity index (χ4n) is 4.71. The highest BCUT2D eigenvalue weighted by atomic mass is 32.2. The zero-order valence-corrected chi connectivity index (χ0v) is 19.2. The number of nitrogens with zero attached hydrogens (tertiary/aromatic N) is 2. The molecule has 2 aliphatic rings. The summed E-state index contributed by atoms with van der Waals surface area (Å²) in [6, 6.07) is 17.8. The minimum atomic E-state index is 0.284. The summed E-state index contributed by atoms with van der Waals surface area (Å²) in [5, 5.41) is 0. The average Bonchev–Trinajstić information content (AvgIpc) is 2.92. The van der Waals surface area contributed by atoms with Crippen LogP contribution < -0.4 is 0 Å². The molecule has 0 spiro atoms. The van der Waals surface area contributed by atoms with Crippen molar-refractivity contribution in [2.24, 2.45) is 5.92 Å². The molecule has 1 saturated heterocycles. The number of carbonyl (C=O) groups is 1. The number of benzene rings is 2. The molecule has 0 saturated carbocycles. The number of rotatable bonds is 5. The van der Waals surface area contributed by atoms with Gasteiger partial charge in [-0.3, -0.25) is 4.79 Å². The van der Waals surface area contributed by atoms with Gasteiger partial charge < -0.3 is 9.80 Å². The minimum absolute atomic E-state index is 0.284. The van der Waals surface area contributed by atoms with Crippen LogP contribution >= 0.6 is 11.8 Å². The number of carbonyl (C=O) groups excluding carboxylic acids is 1. The van der Waals surface area contributed by atoms with Crippen molar-refractivity contribution in [1.29, 1.82) is 0 Å². The molecule has 2 aromatic carbocycles. The molecule has 1 fully saturated rings. The van der Waals surface area contributed by atoms with Gasteiger partial charge in [0.2, 0.25) is 5.91 Å². The van der Waals surface area contributed by atoms with E-state index in [2.05, 4.69) is 72.2 Å². The molecule has 1 atom stereocenters. The Kier molecular flexibility index (Phi) is 7.16. The van der Waals surface area contributed by atoms with Crippen LogP contribution in [0.4, 0.5) is 0 Å². The van der Waals surface area contributed by atoms with E-state index in [1.54, 1.807) is 0 Å². The van der Waals surface area contributed by atoms with Gasteiger partial charge in [0.25, 0.3) is 0 Å². The number of likely N-dealkylation sites (tertiary alicyclic amines) is 1. The van der Waals surface area contributed by atoms with E-state index in [-0.39, 0.29) is 6.04 Å². The summed E-state index contributed by atoms with van der Waals surface area (Å²) < 4.78 is 0. The zero-order chi connectivity index (χ0) is 20.9. The lowest BCUT2D eigenvalue weighted by Gasteiger charge is -2.33. The first-order valence-electron chi connectivity index (χ1n) is 11.4. The summed E-state index contributed by atoms with van der Waals surface area (Å²) in [5.74, 6) is 2.07. The van der Waals surface area contributed by atoms with Crippen molar-refractivity contribution in [3.63, 3.8) is 0 Å². The second-order valence-corrected chi connectivity index (χ2v) is 10.1. The van der Waals surface area contributed by atoms with Crippen LogP contribution in [0.15, 0.2) is 53.4 Å². The topological polar surface area (TPSA) is 23.6 Å². The Balaban J connectivity index is 1.26. The fraction of sp³-hybridized carbons (Fsp3) is 0.500. The molecule has 0 aromatic heterocycles. The Labute approximate surface area is 185 Å². The number of fused-ring (bicyclic) bond motifs is 1. The van der Waals surface area contributed by atoms with Crippen molar-refractivity contribution in [2.75, 3.05) is 25.4 Å². The van der Waals surface area contributed by atoms with Crippen molar-refractivity contribution < 1.29 is 4.79 Å². The summed E-state index contributed by atoms with van der Waals surface area (Å²) in [5.41, 5.74) is 4.03. The van der Waals surface area contributed by atoms with Crippen molar-refractivity contribution >= 4 is 17.7 Å². The van der Waals surface area contributed by atoms with Crippen LogP contribution in [0.5, 0.6) is 0 Å². The predicted molar refractivity (Wildman–Crippen MR) is 126 cm³/mol. The first-order valence-corrected chi connectivity index (χ1v) is 12.3. The molecule has 0 aliphatic carbocycles. The first-order chi connectivity index (χ1) is 14.6. The smallest absolute Gasteiger partial charge is 0.224 e. The molecule has 0 N–H and O–H groups in total. The second kappa shape index (κ2) is 10.0. The van der Waals surface area contributed by atoms with Gasteiger partial charge in [0.15, 0.2) is 0 Å². The first kappa shape index (κ1) is 21.5. The molecule has 0 bridgehead atoms. The molecular weight excluding hydrogens is 388 g/mol. The van der Waals surface area contributed by atoms with Crippen LogP contribution in [0.2, 0.25) is 0 Å². The summed E-state index contributed by atoms with van der Waals surface area (Å²) in [6.45, 7) is 8.22. The molecule has 160 valence electrons.